The van der Waals surface area contributed by atoms with Crippen LogP contribution in [0.2, 0.25) is 5.02 Å². The van der Waals surface area contributed by atoms with Crippen LogP contribution in [0.1, 0.15) is 60.9 Å². The Labute approximate surface area is 199 Å². The fraction of sp³-hybridized carbons (Fsp3) is 0.417. The van der Waals surface area contributed by atoms with Crippen LogP contribution in [0.5, 0.6) is 5.75 Å². The molecule has 9 heteroatoms. The highest BCUT2D eigenvalue weighted by Gasteiger charge is 2.21. The lowest BCUT2D eigenvalue weighted by Gasteiger charge is -2.22. The van der Waals surface area contributed by atoms with Crippen LogP contribution in [-0.4, -0.2) is 33.4 Å². The highest BCUT2D eigenvalue weighted by atomic mass is 35.5. The number of ketones is 1. The molecule has 178 valence electrons. The van der Waals surface area contributed by atoms with Crippen LogP contribution in [0.4, 0.5) is 4.79 Å². The van der Waals surface area contributed by atoms with Gasteiger partial charge in [-0.15, -0.1) is 0 Å². The highest BCUT2D eigenvalue weighted by Crippen LogP contribution is 2.25. The molecule has 7 nitrogen and oxygen atoms in total. The number of rotatable bonds is 9. The lowest BCUT2D eigenvalue weighted by molar-refractivity contribution is 0.0977. The van der Waals surface area contributed by atoms with E-state index in [4.69, 9.17) is 16.3 Å². The number of sulfonamides is 1. The van der Waals surface area contributed by atoms with Gasteiger partial charge < -0.3 is 10.1 Å². The molecule has 2 aromatic carbocycles. The molecule has 0 aliphatic heterocycles. The summed E-state index contributed by atoms with van der Waals surface area (Å²) in [5.41, 5.74) is 1.34. The van der Waals surface area contributed by atoms with Crippen molar-refractivity contribution in [3.05, 3.63) is 58.6 Å². The topological polar surface area (TPSA) is 102 Å². The zero-order valence-electron chi connectivity index (χ0n) is 18.6. The first kappa shape index (κ1) is 25.1. The average Bonchev–Trinajstić information content (AvgIpc) is 2.79. The molecule has 0 unspecified atom stereocenters. The summed E-state index contributed by atoms with van der Waals surface area (Å²) >= 11 is 5.99. The average molecular weight is 493 g/mol. The number of aryl methyl sites for hydroxylation is 1. The normalized spacial score (nSPS) is 14.5. The van der Waals surface area contributed by atoms with Crippen molar-refractivity contribution in [3.63, 3.8) is 0 Å². The van der Waals surface area contributed by atoms with E-state index in [1.807, 2.05) is 0 Å². The van der Waals surface area contributed by atoms with Crippen LogP contribution >= 0.6 is 11.6 Å². The summed E-state index contributed by atoms with van der Waals surface area (Å²) in [5.74, 6) is 0.417. The number of carbonyl (C=O) groups is 2. The first-order valence-corrected chi connectivity index (χ1v) is 12.9. The van der Waals surface area contributed by atoms with Gasteiger partial charge >= 0.3 is 6.03 Å². The number of nitrogens with one attached hydrogen (secondary N) is 2. The number of ether oxygens (including phenoxy) is 1. The standard InChI is InChI=1S/C24H29ClN2O5S/c1-32-23-15-12-18(25)16-21(23)22(28)9-5-6-17-10-13-20(14-11-17)33(30,31)27-24(29)26-19-7-3-2-4-8-19/h10-16,19H,2-9H2,1H3,(H2,26,27,29). The maximum absolute atomic E-state index is 12.5. The zero-order valence-corrected chi connectivity index (χ0v) is 20.2. The van der Waals surface area contributed by atoms with Crippen molar-refractivity contribution in [3.8, 4) is 5.75 Å². The first-order chi connectivity index (χ1) is 15.8. The Bertz CT molecular complexity index is 1080. The summed E-state index contributed by atoms with van der Waals surface area (Å²) in [5, 5.41) is 3.21. The van der Waals surface area contributed by atoms with Gasteiger partial charge in [0.2, 0.25) is 0 Å². The van der Waals surface area contributed by atoms with Crippen molar-refractivity contribution in [1.82, 2.24) is 10.0 Å². The Hall–Kier alpha value is -2.58. The molecule has 2 N–H and O–H groups in total. The van der Waals surface area contributed by atoms with Crippen LogP contribution in [0.3, 0.4) is 0 Å². The van der Waals surface area contributed by atoms with Gasteiger partial charge in [-0.1, -0.05) is 43.0 Å². The van der Waals surface area contributed by atoms with E-state index >= 15 is 0 Å². The number of Topliss-reactive ketones (excluding diaryl/α,β-unsaturated/α-hetero) is 1. The molecule has 0 bridgehead atoms. The molecule has 0 heterocycles. The third-order valence-electron chi connectivity index (χ3n) is 5.73. The van der Waals surface area contributed by atoms with E-state index in [1.54, 1.807) is 30.3 Å². The van der Waals surface area contributed by atoms with Gasteiger partial charge in [0.25, 0.3) is 10.0 Å². The highest BCUT2D eigenvalue weighted by molar-refractivity contribution is 7.90. The fourth-order valence-corrected chi connectivity index (χ4v) is 5.05. The Balaban J connectivity index is 1.51. The number of hydrogen-bond donors (Lipinski definition) is 2. The fourth-order valence-electron chi connectivity index (χ4n) is 3.96. The molecule has 0 atom stereocenters. The predicted molar refractivity (Wildman–Crippen MR) is 127 cm³/mol. The number of hydrogen-bond acceptors (Lipinski definition) is 5. The van der Waals surface area contributed by atoms with Crippen molar-refractivity contribution in [2.24, 2.45) is 0 Å². The van der Waals surface area contributed by atoms with E-state index < -0.39 is 16.1 Å². The number of carbonyl (C=O) groups excluding carboxylic acids is 2. The summed E-state index contributed by atoms with van der Waals surface area (Å²) in [6, 6.07) is 10.6. The van der Waals surface area contributed by atoms with Gasteiger partial charge in [-0.25, -0.2) is 17.9 Å². The van der Waals surface area contributed by atoms with Crippen LogP contribution in [-0.2, 0) is 16.4 Å². The maximum atomic E-state index is 12.5. The monoisotopic (exact) mass is 492 g/mol. The van der Waals surface area contributed by atoms with E-state index in [9.17, 15) is 18.0 Å². The quantitative estimate of drug-likeness (QED) is 0.486. The minimum atomic E-state index is -3.95. The van der Waals surface area contributed by atoms with E-state index in [2.05, 4.69) is 10.0 Å². The summed E-state index contributed by atoms with van der Waals surface area (Å²) in [4.78, 5) is 24.7. The van der Waals surface area contributed by atoms with Gasteiger partial charge in [0.15, 0.2) is 5.78 Å². The first-order valence-electron chi connectivity index (χ1n) is 11.1. The van der Waals surface area contributed by atoms with Crippen molar-refractivity contribution in [1.29, 1.82) is 0 Å². The Morgan fingerprint density at radius 2 is 1.76 bits per heavy atom. The second-order valence-electron chi connectivity index (χ2n) is 8.18. The minimum absolute atomic E-state index is 0.0183. The van der Waals surface area contributed by atoms with Crippen molar-refractivity contribution in [2.75, 3.05) is 7.11 Å². The van der Waals surface area contributed by atoms with E-state index in [0.29, 0.717) is 35.6 Å². The van der Waals surface area contributed by atoms with Gasteiger partial charge in [0, 0.05) is 17.5 Å². The van der Waals surface area contributed by atoms with E-state index in [1.165, 1.54) is 19.2 Å². The van der Waals surface area contributed by atoms with Gasteiger partial charge in [0.05, 0.1) is 17.6 Å². The van der Waals surface area contributed by atoms with E-state index in [-0.39, 0.29) is 16.7 Å². The van der Waals surface area contributed by atoms with Crippen LogP contribution < -0.4 is 14.8 Å². The molecular formula is C24H29ClN2O5S. The Kier molecular flexibility index (Phi) is 8.74. The smallest absolute Gasteiger partial charge is 0.328 e. The number of amides is 2. The van der Waals surface area contributed by atoms with Crippen LogP contribution in [0.25, 0.3) is 0 Å². The molecule has 0 spiro atoms. The van der Waals surface area contributed by atoms with Gasteiger partial charge in [-0.3, -0.25) is 4.79 Å². The third kappa shape index (κ3) is 7.20. The maximum Gasteiger partial charge on any atom is 0.328 e. The van der Waals surface area contributed by atoms with Crippen molar-refractivity contribution in [2.45, 2.75) is 62.3 Å². The van der Waals surface area contributed by atoms with E-state index in [0.717, 1.165) is 37.7 Å². The number of urea groups is 1. The van der Waals surface area contributed by atoms with Gasteiger partial charge in [0.1, 0.15) is 5.75 Å². The lowest BCUT2D eigenvalue weighted by Crippen LogP contribution is -2.45. The molecule has 0 saturated heterocycles. The number of halogens is 1. The van der Waals surface area contributed by atoms with Crippen molar-refractivity contribution < 1.29 is 22.7 Å². The molecule has 33 heavy (non-hydrogen) atoms. The molecular weight excluding hydrogens is 464 g/mol. The number of methoxy groups -OCH3 is 1. The summed E-state index contributed by atoms with van der Waals surface area (Å²) in [6.07, 6.45) is 6.46. The molecule has 1 saturated carbocycles. The summed E-state index contributed by atoms with van der Waals surface area (Å²) in [7, 11) is -2.45. The second kappa shape index (κ2) is 11.5. The van der Waals surface area contributed by atoms with Crippen molar-refractivity contribution >= 4 is 33.4 Å². The summed E-state index contributed by atoms with van der Waals surface area (Å²) < 4.78 is 32.3. The molecule has 2 aromatic rings. The Morgan fingerprint density at radius 1 is 1.06 bits per heavy atom. The van der Waals surface area contributed by atoms with Crippen LogP contribution in [0, 0.1) is 0 Å². The SMILES string of the molecule is COc1ccc(Cl)cc1C(=O)CCCc1ccc(S(=O)(=O)NC(=O)NC2CCCCC2)cc1. The molecule has 0 aromatic heterocycles. The van der Waals surface area contributed by atoms with Gasteiger partial charge in [-0.2, -0.15) is 0 Å². The molecule has 1 aliphatic rings. The molecule has 0 radical (unpaired) electrons. The molecule has 3 rings (SSSR count). The molecule has 1 aliphatic carbocycles. The lowest BCUT2D eigenvalue weighted by atomic mass is 9.96. The summed E-state index contributed by atoms with van der Waals surface area (Å²) in [6.45, 7) is 0. The largest absolute Gasteiger partial charge is 0.496 e. The second-order valence-corrected chi connectivity index (χ2v) is 10.3. The Morgan fingerprint density at radius 3 is 2.42 bits per heavy atom. The van der Waals surface area contributed by atoms with Gasteiger partial charge in [-0.05, 0) is 61.6 Å². The third-order valence-corrected chi connectivity index (χ3v) is 7.31. The minimum Gasteiger partial charge on any atom is -0.496 e. The number of benzene rings is 2. The van der Waals surface area contributed by atoms with Crippen LogP contribution in [0.15, 0.2) is 47.4 Å². The molecule has 1 fully saturated rings. The predicted octanol–water partition coefficient (Wildman–Crippen LogP) is 4.87. The zero-order chi connectivity index (χ0) is 23.8. The molecule has 2 amide bonds.